The van der Waals surface area contributed by atoms with Gasteiger partial charge in [0.1, 0.15) is 19.3 Å². The van der Waals surface area contributed by atoms with Gasteiger partial charge in [-0.2, -0.15) is 0 Å². The van der Waals surface area contributed by atoms with Crippen LogP contribution in [0.3, 0.4) is 0 Å². The highest BCUT2D eigenvalue weighted by Gasteiger charge is 2.30. The van der Waals surface area contributed by atoms with Crippen molar-refractivity contribution in [2.24, 2.45) is 23.7 Å². The third kappa shape index (κ3) is 66.4. The zero-order valence-electron chi connectivity index (χ0n) is 62.3. The van der Waals surface area contributed by atoms with Crippen molar-refractivity contribution in [1.29, 1.82) is 0 Å². The second-order valence-corrected chi connectivity index (χ2v) is 31.5. The van der Waals surface area contributed by atoms with Gasteiger partial charge in [-0.25, -0.2) is 9.13 Å². The van der Waals surface area contributed by atoms with Gasteiger partial charge < -0.3 is 33.8 Å². The Morgan fingerprint density at radius 2 is 0.505 bits per heavy atom. The molecule has 0 radical (unpaired) electrons. The van der Waals surface area contributed by atoms with Crippen LogP contribution in [0.4, 0.5) is 0 Å². The van der Waals surface area contributed by atoms with Gasteiger partial charge in [-0.15, -0.1) is 0 Å². The molecular formula is C76H148O17P2. The standard InChI is InChI=1S/C76H148O17P2/c1-9-67(6)53-45-37-29-23-20-21-25-33-43-51-59-76(81)93-72(63-87-74(79)57-49-41-35-34-39-47-55-69(8)11-3)65-91-95(84,85)89-61-70(77)60-88-94(82,83)90-64-71(62-86-73(78)56-48-40-31-27-26-30-38-46-54-68(7)10-2)92-75(80)58-50-42-32-24-19-17-15-13-12-14-16-18-22-28-36-44-52-66(4)5/h66-72,77H,9-65H2,1-8H3,(H,82,83)(H,84,85)/t67?,68?,69?,70-,71-,72-/m1/s1. The fourth-order valence-corrected chi connectivity index (χ4v) is 13.0. The van der Waals surface area contributed by atoms with Crippen molar-refractivity contribution in [3.05, 3.63) is 0 Å². The molecule has 0 saturated heterocycles. The number of carbonyl (C=O) groups is 4. The summed E-state index contributed by atoms with van der Waals surface area (Å²) < 4.78 is 68.5. The van der Waals surface area contributed by atoms with Gasteiger partial charge in [-0.05, 0) is 49.4 Å². The predicted octanol–water partition coefficient (Wildman–Crippen LogP) is 22.0. The highest BCUT2D eigenvalue weighted by molar-refractivity contribution is 7.47. The van der Waals surface area contributed by atoms with Crippen molar-refractivity contribution < 1.29 is 80.2 Å². The molecule has 0 bridgehead atoms. The molecule has 564 valence electrons. The summed E-state index contributed by atoms with van der Waals surface area (Å²) in [6, 6.07) is 0. The van der Waals surface area contributed by atoms with Gasteiger partial charge in [-0.3, -0.25) is 37.3 Å². The molecule has 0 aliphatic carbocycles. The molecule has 0 saturated carbocycles. The van der Waals surface area contributed by atoms with Gasteiger partial charge >= 0.3 is 39.5 Å². The monoisotopic (exact) mass is 1400 g/mol. The maximum absolute atomic E-state index is 13.1. The van der Waals surface area contributed by atoms with E-state index in [1.165, 1.54) is 180 Å². The third-order valence-electron chi connectivity index (χ3n) is 18.7. The first kappa shape index (κ1) is 93.1. The van der Waals surface area contributed by atoms with Crippen molar-refractivity contribution in [3.63, 3.8) is 0 Å². The summed E-state index contributed by atoms with van der Waals surface area (Å²) in [6.07, 6.45) is 49.9. The van der Waals surface area contributed by atoms with E-state index in [2.05, 4.69) is 55.4 Å². The predicted molar refractivity (Wildman–Crippen MR) is 386 cm³/mol. The Labute approximate surface area is 581 Å². The molecule has 19 heteroatoms. The molecule has 95 heavy (non-hydrogen) atoms. The molecule has 0 rings (SSSR count). The Morgan fingerprint density at radius 3 is 0.747 bits per heavy atom. The zero-order chi connectivity index (χ0) is 70.3. The Hall–Kier alpha value is -1.94. The maximum Gasteiger partial charge on any atom is 0.472 e. The lowest BCUT2D eigenvalue weighted by Gasteiger charge is -2.21. The highest BCUT2D eigenvalue weighted by atomic mass is 31.2. The molecule has 0 aliphatic rings. The Morgan fingerprint density at radius 1 is 0.295 bits per heavy atom. The molecule has 0 fully saturated rings. The van der Waals surface area contributed by atoms with Gasteiger partial charge in [0.2, 0.25) is 0 Å². The van der Waals surface area contributed by atoms with E-state index >= 15 is 0 Å². The first-order valence-electron chi connectivity index (χ1n) is 39.3. The summed E-state index contributed by atoms with van der Waals surface area (Å²) in [7, 11) is -9.91. The highest BCUT2D eigenvalue weighted by Crippen LogP contribution is 2.45. The lowest BCUT2D eigenvalue weighted by atomic mass is 9.99. The lowest BCUT2D eigenvalue weighted by Crippen LogP contribution is -2.30. The van der Waals surface area contributed by atoms with Crippen LogP contribution in [0.2, 0.25) is 0 Å². The molecular weight excluding hydrogens is 1250 g/mol. The second-order valence-electron chi connectivity index (χ2n) is 28.6. The normalized spacial score (nSPS) is 15.0. The van der Waals surface area contributed by atoms with Crippen molar-refractivity contribution in [2.75, 3.05) is 39.6 Å². The Balaban J connectivity index is 5.24. The third-order valence-corrected chi connectivity index (χ3v) is 20.6. The molecule has 8 atom stereocenters. The number of rotatable bonds is 73. The summed E-state index contributed by atoms with van der Waals surface area (Å²) in [5.41, 5.74) is 0. The van der Waals surface area contributed by atoms with Crippen molar-refractivity contribution in [1.82, 2.24) is 0 Å². The van der Waals surface area contributed by atoms with Crippen molar-refractivity contribution >= 4 is 39.5 Å². The lowest BCUT2D eigenvalue weighted by molar-refractivity contribution is -0.161. The first-order chi connectivity index (χ1) is 45.7. The topological polar surface area (TPSA) is 237 Å². The van der Waals surface area contributed by atoms with Crippen LogP contribution >= 0.6 is 15.6 Å². The number of phosphoric ester groups is 2. The number of hydrogen-bond donors (Lipinski definition) is 3. The van der Waals surface area contributed by atoms with Crippen molar-refractivity contribution in [2.45, 2.75) is 401 Å². The van der Waals surface area contributed by atoms with E-state index in [1.54, 1.807) is 0 Å². The summed E-state index contributed by atoms with van der Waals surface area (Å²) in [6.45, 7) is 14.2. The van der Waals surface area contributed by atoms with Gasteiger partial charge in [0.05, 0.1) is 26.4 Å². The molecule has 0 aliphatic heterocycles. The molecule has 0 aromatic heterocycles. The fourth-order valence-electron chi connectivity index (χ4n) is 11.5. The minimum atomic E-state index is -4.96. The fraction of sp³-hybridized carbons (Fsp3) is 0.947. The maximum atomic E-state index is 13.1. The van der Waals surface area contributed by atoms with Crippen LogP contribution in [0.1, 0.15) is 383 Å². The number of phosphoric acid groups is 2. The Kier molecular flexibility index (Phi) is 64.0. The van der Waals surface area contributed by atoms with Gasteiger partial charge in [0, 0.05) is 25.7 Å². The minimum Gasteiger partial charge on any atom is -0.462 e. The van der Waals surface area contributed by atoms with Crippen LogP contribution in [0.5, 0.6) is 0 Å². The largest absolute Gasteiger partial charge is 0.472 e. The zero-order valence-corrected chi connectivity index (χ0v) is 64.1. The summed E-state index contributed by atoms with van der Waals surface area (Å²) >= 11 is 0. The van der Waals surface area contributed by atoms with E-state index < -0.39 is 97.5 Å². The summed E-state index contributed by atoms with van der Waals surface area (Å²) in [5, 5.41) is 10.6. The molecule has 0 heterocycles. The average molecular weight is 1400 g/mol. The average Bonchev–Trinajstić information content (AvgIpc) is 1.40. The molecule has 17 nitrogen and oxygen atoms in total. The van der Waals surface area contributed by atoms with Gasteiger partial charge in [0.15, 0.2) is 12.2 Å². The number of ether oxygens (including phenoxy) is 4. The molecule has 5 unspecified atom stereocenters. The van der Waals surface area contributed by atoms with Crippen LogP contribution < -0.4 is 0 Å². The number of carbonyl (C=O) groups excluding carboxylic acids is 4. The van der Waals surface area contributed by atoms with Crippen molar-refractivity contribution in [3.8, 4) is 0 Å². The summed E-state index contributed by atoms with van der Waals surface area (Å²) in [5.74, 6) is 0.998. The van der Waals surface area contributed by atoms with Crippen LogP contribution in [0.25, 0.3) is 0 Å². The van der Waals surface area contributed by atoms with E-state index in [1.807, 2.05) is 0 Å². The van der Waals surface area contributed by atoms with E-state index in [-0.39, 0.29) is 25.7 Å². The van der Waals surface area contributed by atoms with E-state index in [4.69, 9.17) is 37.0 Å². The molecule has 0 spiro atoms. The van der Waals surface area contributed by atoms with Crippen LogP contribution in [-0.2, 0) is 65.4 Å². The number of esters is 4. The van der Waals surface area contributed by atoms with Crippen LogP contribution in [-0.4, -0.2) is 96.7 Å². The number of aliphatic hydroxyl groups is 1. The minimum absolute atomic E-state index is 0.105. The van der Waals surface area contributed by atoms with E-state index in [9.17, 15) is 43.2 Å². The Bertz CT molecular complexity index is 1870. The molecule has 0 amide bonds. The summed E-state index contributed by atoms with van der Waals surface area (Å²) in [4.78, 5) is 72.8. The second kappa shape index (κ2) is 65.4. The van der Waals surface area contributed by atoms with Gasteiger partial charge in [-0.1, -0.05) is 331 Å². The molecule has 3 N–H and O–H groups in total. The number of hydrogen-bond acceptors (Lipinski definition) is 15. The van der Waals surface area contributed by atoms with Crippen LogP contribution in [0, 0.1) is 23.7 Å². The van der Waals surface area contributed by atoms with E-state index in [0.29, 0.717) is 25.7 Å². The molecule has 0 aromatic carbocycles. The quantitative estimate of drug-likeness (QED) is 0.0222. The smallest absolute Gasteiger partial charge is 0.462 e. The number of aliphatic hydroxyl groups excluding tert-OH is 1. The van der Waals surface area contributed by atoms with E-state index in [0.717, 1.165) is 120 Å². The molecule has 0 aromatic rings. The SMILES string of the molecule is CCC(C)CCCCCCCCCCCCC(=O)O[C@H](COC(=O)CCCCCCCCC(C)CC)COP(=O)(O)OC[C@H](O)COP(=O)(O)OC[C@@H](COC(=O)CCCCCCCCCCC(C)CC)OC(=O)CCCCCCCCCCCCCCCCCCC(C)C. The first-order valence-corrected chi connectivity index (χ1v) is 42.3. The van der Waals surface area contributed by atoms with Gasteiger partial charge in [0.25, 0.3) is 0 Å². The van der Waals surface area contributed by atoms with Crippen LogP contribution in [0.15, 0.2) is 0 Å². The number of unbranched alkanes of at least 4 members (excludes halogenated alkanes) is 36.